The van der Waals surface area contributed by atoms with E-state index in [0.29, 0.717) is 12.0 Å². The number of carbonyl (C=O) groups excluding carboxylic acids is 1. The number of nitrogens with zero attached hydrogens (tertiary/aromatic N) is 2. The number of hydrogen-bond donors (Lipinski definition) is 2. The van der Waals surface area contributed by atoms with Gasteiger partial charge in [0, 0.05) is 12.1 Å². The molecule has 1 heterocycles. The quantitative estimate of drug-likeness (QED) is 0.802. The third-order valence-corrected chi connectivity index (χ3v) is 4.30. The summed E-state index contributed by atoms with van der Waals surface area (Å²) < 4.78 is 1.94. The van der Waals surface area contributed by atoms with Crippen molar-refractivity contribution in [3.05, 3.63) is 46.8 Å². The average Bonchev–Trinajstić information content (AvgIpc) is 2.81. The molecule has 2 rings (SSSR count). The molecule has 25 heavy (non-hydrogen) atoms. The van der Waals surface area contributed by atoms with Crippen LogP contribution in [0.5, 0.6) is 0 Å². The van der Waals surface area contributed by atoms with Crippen LogP contribution >= 0.6 is 0 Å². The monoisotopic (exact) mass is 343 g/mol. The van der Waals surface area contributed by atoms with E-state index in [9.17, 15) is 9.90 Å². The number of rotatable bonds is 7. The predicted molar refractivity (Wildman–Crippen MR) is 101 cm³/mol. The molecule has 2 N–H and O–H groups in total. The molecule has 1 aromatic heterocycles. The van der Waals surface area contributed by atoms with E-state index in [2.05, 4.69) is 17.3 Å². The maximum Gasteiger partial charge on any atom is 0.255 e. The van der Waals surface area contributed by atoms with Crippen molar-refractivity contribution in [2.24, 2.45) is 0 Å². The first kappa shape index (κ1) is 19.2. The highest BCUT2D eigenvalue weighted by atomic mass is 16.3. The fraction of sp³-hybridized carbons (Fsp3) is 0.500. The lowest BCUT2D eigenvalue weighted by Gasteiger charge is -2.16. The van der Waals surface area contributed by atoms with Crippen LogP contribution in [-0.4, -0.2) is 26.4 Å². The van der Waals surface area contributed by atoms with Crippen molar-refractivity contribution < 1.29 is 9.90 Å². The van der Waals surface area contributed by atoms with Gasteiger partial charge >= 0.3 is 0 Å². The van der Waals surface area contributed by atoms with E-state index in [-0.39, 0.29) is 5.91 Å². The van der Waals surface area contributed by atoms with Crippen LogP contribution < -0.4 is 5.32 Å². The molecule has 0 fully saturated rings. The van der Waals surface area contributed by atoms with Gasteiger partial charge in [0.15, 0.2) is 0 Å². The molecule has 0 saturated heterocycles. The summed E-state index contributed by atoms with van der Waals surface area (Å²) in [7, 11) is 0. The lowest BCUT2D eigenvalue weighted by atomic mass is 9.98. The Balaban J connectivity index is 2.06. The van der Waals surface area contributed by atoms with E-state index in [4.69, 9.17) is 0 Å². The molecule has 0 atom stereocenters. The van der Waals surface area contributed by atoms with Crippen LogP contribution in [0.15, 0.2) is 24.3 Å². The first-order valence-electron chi connectivity index (χ1n) is 8.88. The van der Waals surface area contributed by atoms with Crippen LogP contribution in [0.3, 0.4) is 0 Å². The number of aromatic nitrogens is 2. The second-order valence-corrected chi connectivity index (χ2v) is 7.23. The van der Waals surface area contributed by atoms with Gasteiger partial charge in [-0.3, -0.25) is 9.48 Å². The van der Waals surface area contributed by atoms with Crippen LogP contribution in [0, 0.1) is 13.8 Å². The van der Waals surface area contributed by atoms with Gasteiger partial charge in [-0.25, -0.2) is 0 Å². The van der Waals surface area contributed by atoms with Gasteiger partial charge in [-0.15, -0.1) is 0 Å². The maximum atomic E-state index is 12.5. The van der Waals surface area contributed by atoms with Gasteiger partial charge in [0.05, 0.1) is 22.7 Å². The number of aliphatic hydroxyl groups is 1. The summed E-state index contributed by atoms with van der Waals surface area (Å²) in [5, 5.41) is 17.3. The molecule has 1 amide bonds. The molecular weight excluding hydrogens is 314 g/mol. The number of amides is 1. The molecule has 0 aliphatic carbocycles. The lowest BCUT2D eigenvalue weighted by molar-refractivity contribution is 0.0714. The summed E-state index contributed by atoms with van der Waals surface area (Å²) in [6.45, 7) is 10.4. The van der Waals surface area contributed by atoms with E-state index in [1.165, 1.54) is 0 Å². The number of hydrogen-bond acceptors (Lipinski definition) is 3. The molecule has 1 aromatic carbocycles. The molecule has 0 aliphatic rings. The first-order valence-corrected chi connectivity index (χ1v) is 8.88. The minimum atomic E-state index is -0.677. The van der Waals surface area contributed by atoms with Crippen molar-refractivity contribution >= 4 is 11.6 Å². The van der Waals surface area contributed by atoms with Gasteiger partial charge in [0.2, 0.25) is 0 Å². The van der Waals surface area contributed by atoms with E-state index in [1.54, 1.807) is 13.8 Å². The van der Waals surface area contributed by atoms with Gasteiger partial charge in [-0.2, -0.15) is 5.10 Å². The van der Waals surface area contributed by atoms with Gasteiger partial charge in [0.25, 0.3) is 5.91 Å². The predicted octanol–water partition coefficient (Wildman–Crippen LogP) is 3.87. The zero-order valence-electron chi connectivity index (χ0n) is 15.9. The highest BCUT2D eigenvalue weighted by molar-refractivity contribution is 6.04. The normalized spacial score (nSPS) is 11.6. The molecular formula is C20H29N3O2. The zero-order chi connectivity index (χ0) is 18.6. The Morgan fingerprint density at radius 1 is 1.24 bits per heavy atom. The van der Waals surface area contributed by atoms with Crippen LogP contribution in [0.1, 0.15) is 60.9 Å². The lowest BCUT2D eigenvalue weighted by Crippen LogP contribution is -2.19. The van der Waals surface area contributed by atoms with Crippen molar-refractivity contribution in [3.63, 3.8) is 0 Å². The third-order valence-electron chi connectivity index (χ3n) is 4.30. The number of carbonyl (C=O) groups is 1. The van der Waals surface area contributed by atoms with Crippen molar-refractivity contribution in [1.82, 2.24) is 9.78 Å². The zero-order valence-corrected chi connectivity index (χ0v) is 15.9. The summed E-state index contributed by atoms with van der Waals surface area (Å²) in [4.78, 5) is 12.5. The number of benzene rings is 1. The topological polar surface area (TPSA) is 67.2 Å². The fourth-order valence-corrected chi connectivity index (χ4v) is 2.77. The van der Waals surface area contributed by atoms with E-state index in [1.807, 2.05) is 42.8 Å². The summed E-state index contributed by atoms with van der Waals surface area (Å²) in [6.07, 6.45) is 2.47. The Morgan fingerprint density at radius 2 is 1.88 bits per heavy atom. The smallest absolute Gasteiger partial charge is 0.255 e. The molecule has 0 spiro atoms. The molecule has 2 aromatic rings. The van der Waals surface area contributed by atoms with Gasteiger partial charge in [-0.05, 0) is 64.7 Å². The van der Waals surface area contributed by atoms with Crippen LogP contribution in [0.2, 0.25) is 0 Å². The highest BCUT2D eigenvalue weighted by Gasteiger charge is 2.15. The van der Waals surface area contributed by atoms with Crippen molar-refractivity contribution in [2.45, 2.75) is 66.0 Å². The highest BCUT2D eigenvalue weighted by Crippen LogP contribution is 2.21. The summed E-state index contributed by atoms with van der Waals surface area (Å²) in [5.74, 6) is -0.128. The molecule has 0 saturated carbocycles. The van der Waals surface area contributed by atoms with E-state index in [0.717, 1.165) is 42.0 Å². The maximum absolute atomic E-state index is 12.5. The fourth-order valence-electron chi connectivity index (χ4n) is 2.77. The van der Waals surface area contributed by atoms with Gasteiger partial charge < -0.3 is 10.4 Å². The Kier molecular flexibility index (Phi) is 6.01. The van der Waals surface area contributed by atoms with Crippen molar-refractivity contribution in [2.75, 3.05) is 5.32 Å². The Labute approximate surface area is 150 Å². The molecule has 5 nitrogen and oxygen atoms in total. The van der Waals surface area contributed by atoms with E-state index < -0.39 is 5.60 Å². The van der Waals surface area contributed by atoms with Crippen molar-refractivity contribution in [1.29, 1.82) is 0 Å². The number of aryl methyl sites for hydroxylation is 3. The molecule has 5 heteroatoms. The SMILES string of the molecule is CCCn1nc(C)c(NC(=O)c2ccc(CCC(C)(C)O)cc2)c1C. The standard InChI is InChI=1S/C20H29N3O2/c1-6-13-23-15(3)18(14(2)22-23)21-19(24)17-9-7-16(8-10-17)11-12-20(4,5)25/h7-10,25H,6,11-13H2,1-5H3,(H,21,24). The van der Waals surface area contributed by atoms with Gasteiger partial charge in [0.1, 0.15) is 0 Å². The van der Waals surface area contributed by atoms with Crippen LogP contribution in [0.25, 0.3) is 0 Å². The second-order valence-electron chi connectivity index (χ2n) is 7.23. The molecule has 0 aliphatic heterocycles. The third kappa shape index (κ3) is 5.16. The van der Waals surface area contributed by atoms with Crippen LogP contribution in [0.4, 0.5) is 5.69 Å². The molecule has 0 radical (unpaired) electrons. The van der Waals surface area contributed by atoms with E-state index >= 15 is 0 Å². The number of anilines is 1. The molecule has 0 unspecified atom stereocenters. The summed E-state index contributed by atoms with van der Waals surface area (Å²) >= 11 is 0. The molecule has 0 bridgehead atoms. The number of nitrogens with one attached hydrogen (secondary N) is 1. The molecule has 136 valence electrons. The van der Waals surface area contributed by atoms with Gasteiger partial charge in [-0.1, -0.05) is 19.1 Å². The summed E-state index contributed by atoms with van der Waals surface area (Å²) in [5.41, 5.74) is 3.67. The Hall–Kier alpha value is -2.14. The Bertz CT molecular complexity index is 725. The average molecular weight is 343 g/mol. The Morgan fingerprint density at radius 3 is 2.44 bits per heavy atom. The second kappa shape index (κ2) is 7.83. The minimum absolute atomic E-state index is 0.128. The van der Waals surface area contributed by atoms with Crippen LogP contribution in [-0.2, 0) is 13.0 Å². The first-order chi connectivity index (χ1) is 11.7. The summed E-state index contributed by atoms with van der Waals surface area (Å²) in [6, 6.07) is 7.55. The van der Waals surface area contributed by atoms with Crippen molar-refractivity contribution in [3.8, 4) is 0 Å². The largest absolute Gasteiger partial charge is 0.390 e. The minimum Gasteiger partial charge on any atom is -0.390 e.